The number of H-pyrrole nitrogens is 1. The molecular formula is C18H21FN4O. The van der Waals surface area contributed by atoms with E-state index in [1.54, 1.807) is 6.07 Å². The minimum absolute atomic E-state index is 0.0507. The lowest BCUT2D eigenvalue weighted by Crippen LogP contribution is -2.44. The number of allylic oxidation sites excluding steroid dienone is 1. The third-order valence-electron chi connectivity index (χ3n) is 5.21. The lowest BCUT2D eigenvalue weighted by atomic mass is 9.89. The van der Waals surface area contributed by atoms with Crippen LogP contribution >= 0.6 is 0 Å². The second-order valence-corrected chi connectivity index (χ2v) is 6.79. The first-order valence-electron chi connectivity index (χ1n) is 8.47. The van der Waals surface area contributed by atoms with Gasteiger partial charge in [0.05, 0.1) is 17.0 Å². The van der Waals surface area contributed by atoms with Crippen molar-refractivity contribution >= 4 is 16.9 Å². The van der Waals surface area contributed by atoms with Crippen molar-refractivity contribution in [2.45, 2.75) is 25.3 Å². The topological polar surface area (TPSA) is 83.8 Å². The van der Waals surface area contributed by atoms with Crippen LogP contribution in [-0.4, -0.2) is 28.5 Å². The molecular weight excluding hydrogens is 307 g/mol. The fourth-order valence-corrected chi connectivity index (χ4v) is 3.97. The summed E-state index contributed by atoms with van der Waals surface area (Å²) in [5.74, 6) is 1.17. The number of imidazole rings is 1. The zero-order valence-electron chi connectivity index (χ0n) is 13.3. The Morgan fingerprint density at radius 3 is 3.00 bits per heavy atom. The third kappa shape index (κ3) is 2.71. The average molecular weight is 328 g/mol. The van der Waals surface area contributed by atoms with E-state index in [1.807, 2.05) is 0 Å². The number of carbonyl (C=O) groups is 1. The number of fused-ring (bicyclic) bond motifs is 3. The molecule has 5 nitrogen and oxygen atoms in total. The number of aryl methyl sites for hydroxylation is 1. The van der Waals surface area contributed by atoms with Crippen LogP contribution in [0.2, 0.25) is 0 Å². The average Bonchev–Trinajstić information content (AvgIpc) is 3.24. The van der Waals surface area contributed by atoms with E-state index in [2.05, 4.69) is 27.4 Å². The number of carbonyl (C=O) groups excluding carboxylic acids is 1. The van der Waals surface area contributed by atoms with Crippen molar-refractivity contribution in [3.05, 3.63) is 42.0 Å². The van der Waals surface area contributed by atoms with E-state index in [1.165, 1.54) is 12.1 Å². The van der Waals surface area contributed by atoms with Gasteiger partial charge in [0.25, 0.3) is 0 Å². The first-order valence-corrected chi connectivity index (χ1v) is 8.47. The van der Waals surface area contributed by atoms with E-state index < -0.39 is 0 Å². The molecule has 24 heavy (non-hydrogen) atoms. The molecule has 1 saturated carbocycles. The van der Waals surface area contributed by atoms with Gasteiger partial charge >= 0.3 is 0 Å². The van der Waals surface area contributed by atoms with Gasteiger partial charge in [0.1, 0.15) is 11.6 Å². The van der Waals surface area contributed by atoms with Crippen molar-refractivity contribution in [1.82, 2.24) is 15.3 Å². The number of nitrogens with two attached hydrogens (primary N) is 1. The Bertz CT molecular complexity index is 799. The molecule has 1 heterocycles. The Kier molecular flexibility index (Phi) is 3.84. The summed E-state index contributed by atoms with van der Waals surface area (Å²) in [6, 6.07) is 4.46. The van der Waals surface area contributed by atoms with Crippen LogP contribution in [-0.2, 0) is 11.2 Å². The van der Waals surface area contributed by atoms with Crippen molar-refractivity contribution < 1.29 is 9.18 Å². The highest BCUT2D eigenvalue weighted by Gasteiger charge is 2.46. The Morgan fingerprint density at radius 1 is 1.38 bits per heavy atom. The lowest BCUT2D eigenvalue weighted by molar-refractivity contribution is -0.126. The van der Waals surface area contributed by atoms with Gasteiger partial charge in [-0.05, 0) is 42.9 Å². The van der Waals surface area contributed by atoms with E-state index in [0.29, 0.717) is 30.3 Å². The number of hydrogen-bond donors (Lipinski definition) is 3. The molecule has 2 aromatic rings. The SMILES string of the molecule is N[C@@H]1[C@H](C(=O)NCCCc2nc3ccc(F)cc3[nH]2)[C@@H]2C=C[C@H]1C2. The normalized spacial score (nSPS) is 27.9. The standard InChI is InChI=1S/C18H21FN4O/c19-12-5-6-13-14(9-12)23-15(22-13)2-1-7-21-18(24)16-10-3-4-11(8-10)17(16)20/h3-6,9-11,16-17H,1-2,7-8,20H2,(H,21,24)(H,22,23)/t10-,11+,16-,17+/m1/s1. The number of amides is 1. The van der Waals surface area contributed by atoms with Gasteiger partial charge in [-0.3, -0.25) is 4.79 Å². The molecule has 4 atom stereocenters. The highest BCUT2D eigenvalue weighted by Crippen LogP contribution is 2.42. The number of nitrogens with zero attached hydrogens (tertiary/aromatic N) is 1. The Labute approximate surface area is 139 Å². The van der Waals surface area contributed by atoms with E-state index in [0.717, 1.165) is 24.2 Å². The maximum atomic E-state index is 13.2. The van der Waals surface area contributed by atoms with Crippen LogP contribution in [0.5, 0.6) is 0 Å². The molecule has 0 radical (unpaired) electrons. The van der Waals surface area contributed by atoms with Crippen LogP contribution in [0.3, 0.4) is 0 Å². The van der Waals surface area contributed by atoms with Crippen LogP contribution in [0, 0.1) is 23.6 Å². The first kappa shape index (κ1) is 15.3. The molecule has 0 saturated heterocycles. The third-order valence-corrected chi connectivity index (χ3v) is 5.21. The van der Waals surface area contributed by atoms with Crippen molar-refractivity contribution in [3.63, 3.8) is 0 Å². The number of nitrogens with one attached hydrogen (secondary N) is 2. The van der Waals surface area contributed by atoms with Gasteiger partial charge in [-0.25, -0.2) is 9.37 Å². The van der Waals surface area contributed by atoms with Gasteiger partial charge in [0.15, 0.2) is 0 Å². The molecule has 4 N–H and O–H groups in total. The van der Waals surface area contributed by atoms with Crippen molar-refractivity contribution in [1.29, 1.82) is 0 Å². The molecule has 1 fully saturated rings. The molecule has 2 bridgehead atoms. The van der Waals surface area contributed by atoms with Gasteiger partial charge in [-0.15, -0.1) is 0 Å². The zero-order valence-corrected chi connectivity index (χ0v) is 13.3. The quantitative estimate of drug-likeness (QED) is 0.579. The molecule has 2 aliphatic rings. The summed E-state index contributed by atoms with van der Waals surface area (Å²) >= 11 is 0. The van der Waals surface area contributed by atoms with Crippen molar-refractivity contribution in [2.24, 2.45) is 23.5 Å². The summed E-state index contributed by atoms with van der Waals surface area (Å²) in [6.07, 6.45) is 6.77. The summed E-state index contributed by atoms with van der Waals surface area (Å²) in [6.45, 7) is 0.592. The maximum absolute atomic E-state index is 13.2. The summed E-state index contributed by atoms with van der Waals surface area (Å²) in [5.41, 5.74) is 7.62. The van der Waals surface area contributed by atoms with Gasteiger partial charge in [0.2, 0.25) is 5.91 Å². The van der Waals surface area contributed by atoms with Crippen molar-refractivity contribution in [2.75, 3.05) is 6.54 Å². The Balaban J connectivity index is 1.28. The smallest absolute Gasteiger partial charge is 0.225 e. The molecule has 126 valence electrons. The van der Waals surface area contributed by atoms with Crippen molar-refractivity contribution in [3.8, 4) is 0 Å². The minimum Gasteiger partial charge on any atom is -0.356 e. The van der Waals surface area contributed by atoms with Gasteiger partial charge in [-0.2, -0.15) is 0 Å². The Hall–Kier alpha value is -2.21. The monoisotopic (exact) mass is 328 g/mol. The van der Waals surface area contributed by atoms with Crippen LogP contribution in [0.15, 0.2) is 30.4 Å². The van der Waals surface area contributed by atoms with E-state index in [9.17, 15) is 9.18 Å². The van der Waals surface area contributed by atoms with Crippen LogP contribution in [0.25, 0.3) is 11.0 Å². The number of hydrogen-bond acceptors (Lipinski definition) is 3. The highest BCUT2D eigenvalue weighted by atomic mass is 19.1. The number of halogens is 1. The van der Waals surface area contributed by atoms with E-state index in [4.69, 9.17) is 5.73 Å². The fourth-order valence-electron chi connectivity index (χ4n) is 3.97. The molecule has 1 aromatic heterocycles. The number of benzene rings is 1. The molecule has 0 spiro atoms. The largest absolute Gasteiger partial charge is 0.356 e. The molecule has 4 rings (SSSR count). The summed E-state index contributed by atoms with van der Waals surface area (Å²) in [4.78, 5) is 19.9. The van der Waals surface area contributed by atoms with Gasteiger partial charge in [0, 0.05) is 19.0 Å². The van der Waals surface area contributed by atoms with Gasteiger partial charge in [-0.1, -0.05) is 12.2 Å². The second kappa shape index (κ2) is 6.02. The summed E-state index contributed by atoms with van der Waals surface area (Å²) < 4.78 is 13.2. The molecule has 0 aliphatic heterocycles. The number of aromatic amines is 1. The molecule has 1 aromatic carbocycles. The van der Waals surface area contributed by atoms with Crippen LogP contribution in [0.1, 0.15) is 18.7 Å². The first-order chi connectivity index (χ1) is 11.6. The summed E-state index contributed by atoms with van der Waals surface area (Å²) in [5, 5.41) is 3.00. The minimum atomic E-state index is -0.277. The van der Waals surface area contributed by atoms with E-state index >= 15 is 0 Å². The predicted octanol–water partition coefficient (Wildman–Crippen LogP) is 1.90. The molecule has 1 amide bonds. The van der Waals surface area contributed by atoms with Crippen LogP contribution < -0.4 is 11.1 Å². The zero-order chi connectivity index (χ0) is 16.7. The fraction of sp³-hybridized carbons (Fsp3) is 0.444. The Morgan fingerprint density at radius 2 is 2.21 bits per heavy atom. The highest BCUT2D eigenvalue weighted by molar-refractivity contribution is 5.81. The van der Waals surface area contributed by atoms with Crippen LogP contribution in [0.4, 0.5) is 4.39 Å². The molecule has 0 unspecified atom stereocenters. The predicted molar refractivity (Wildman–Crippen MR) is 89.6 cm³/mol. The maximum Gasteiger partial charge on any atom is 0.225 e. The molecule has 2 aliphatic carbocycles. The summed E-state index contributed by atoms with van der Waals surface area (Å²) in [7, 11) is 0. The molecule has 6 heteroatoms. The van der Waals surface area contributed by atoms with Gasteiger partial charge < -0.3 is 16.0 Å². The number of aromatic nitrogens is 2. The lowest BCUT2D eigenvalue weighted by Gasteiger charge is -2.23. The second-order valence-electron chi connectivity index (χ2n) is 6.79. The van der Waals surface area contributed by atoms with E-state index in [-0.39, 0.29) is 23.7 Å². The number of rotatable bonds is 5.